The number of benzene rings is 1. The topological polar surface area (TPSA) is 70.5 Å². The quantitative estimate of drug-likeness (QED) is 0.466. The molecule has 2 aromatic heterocycles. The lowest BCUT2D eigenvalue weighted by atomic mass is 9.91. The van der Waals surface area contributed by atoms with Crippen LogP contribution in [0.25, 0.3) is 5.65 Å². The van der Waals surface area contributed by atoms with E-state index in [9.17, 15) is 18.0 Å². The average molecular weight is 445 g/mol. The molecule has 0 spiro atoms. The molecule has 1 fully saturated rings. The van der Waals surface area contributed by atoms with E-state index in [0.29, 0.717) is 16.9 Å². The molecule has 3 N–H and O–H groups in total. The highest BCUT2D eigenvalue weighted by molar-refractivity contribution is 5.95. The number of nitrogens with one attached hydrogen (secondary N) is 3. The highest BCUT2D eigenvalue weighted by Crippen LogP contribution is 2.25. The van der Waals surface area contributed by atoms with Gasteiger partial charge < -0.3 is 16.0 Å². The van der Waals surface area contributed by atoms with E-state index >= 15 is 0 Å². The summed E-state index contributed by atoms with van der Waals surface area (Å²) >= 11 is 0. The smallest absolute Gasteiger partial charge is 0.281 e. The molecule has 1 aliphatic carbocycles. The molecule has 0 aliphatic heterocycles. The van der Waals surface area contributed by atoms with Crippen molar-refractivity contribution in [3.63, 3.8) is 0 Å². The van der Waals surface area contributed by atoms with E-state index in [4.69, 9.17) is 0 Å². The minimum atomic E-state index is -2.61. The van der Waals surface area contributed by atoms with Crippen LogP contribution in [0, 0.1) is 0 Å². The number of amides is 1. The molecule has 1 saturated carbocycles. The molecule has 9 heteroatoms. The van der Waals surface area contributed by atoms with Gasteiger partial charge in [-0.1, -0.05) is 12.1 Å². The predicted octanol–water partition coefficient (Wildman–Crippen LogP) is 4.81. The standard InChI is InChI=1S/C23H26F3N5O/c24-11-12-27-18-4-1-3-15(13-18)23(32)29-17-9-7-16(8-10-17)28-20-5-2-6-21-30-19(22(25)26)14-31(20)21/h1-6,13-14,16-17,22,27-28H,7-12H2,(H,29,32). The maximum absolute atomic E-state index is 13.0. The van der Waals surface area contributed by atoms with Gasteiger partial charge in [0.05, 0.1) is 0 Å². The van der Waals surface area contributed by atoms with Crippen molar-refractivity contribution >= 4 is 23.1 Å². The van der Waals surface area contributed by atoms with Gasteiger partial charge >= 0.3 is 0 Å². The van der Waals surface area contributed by atoms with Crippen LogP contribution in [0.15, 0.2) is 48.7 Å². The lowest BCUT2D eigenvalue weighted by Crippen LogP contribution is -2.40. The SMILES string of the molecule is O=C(NC1CCC(Nc2cccc3nc(C(F)F)cn23)CC1)c1cccc(NCCF)c1. The van der Waals surface area contributed by atoms with Crippen LogP contribution in [0.1, 0.15) is 48.2 Å². The van der Waals surface area contributed by atoms with E-state index in [0.717, 1.165) is 31.5 Å². The molecule has 0 atom stereocenters. The van der Waals surface area contributed by atoms with Crippen molar-refractivity contribution in [2.45, 2.75) is 44.2 Å². The molecule has 4 rings (SSSR count). The Balaban J connectivity index is 1.32. The van der Waals surface area contributed by atoms with Crippen LogP contribution in [-0.4, -0.2) is 40.6 Å². The monoisotopic (exact) mass is 445 g/mol. The number of carbonyl (C=O) groups is 1. The van der Waals surface area contributed by atoms with E-state index in [1.165, 1.54) is 6.20 Å². The van der Waals surface area contributed by atoms with Crippen LogP contribution < -0.4 is 16.0 Å². The molecule has 1 aliphatic rings. The van der Waals surface area contributed by atoms with Gasteiger partial charge in [-0.3, -0.25) is 9.20 Å². The van der Waals surface area contributed by atoms with Gasteiger partial charge in [0.25, 0.3) is 12.3 Å². The largest absolute Gasteiger partial charge is 0.382 e. The number of fused-ring (bicyclic) bond motifs is 1. The van der Waals surface area contributed by atoms with Gasteiger partial charge in [-0.15, -0.1) is 0 Å². The van der Waals surface area contributed by atoms with E-state index in [-0.39, 0.29) is 30.2 Å². The van der Waals surface area contributed by atoms with Crippen LogP contribution in [0.2, 0.25) is 0 Å². The fourth-order valence-corrected chi connectivity index (χ4v) is 4.07. The van der Waals surface area contributed by atoms with E-state index in [1.807, 2.05) is 6.07 Å². The van der Waals surface area contributed by atoms with Crippen molar-refractivity contribution in [3.8, 4) is 0 Å². The molecule has 1 aromatic carbocycles. The van der Waals surface area contributed by atoms with Crippen LogP contribution in [0.4, 0.5) is 24.7 Å². The Hall–Kier alpha value is -3.23. The zero-order chi connectivity index (χ0) is 22.5. The molecule has 0 unspecified atom stereocenters. The highest BCUT2D eigenvalue weighted by atomic mass is 19.3. The first-order valence-corrected chi connectivity index (χ1v) is 10.8. The first-order valence-electron chi connectivity index (χ1n) is 10.8. The van der Waals surface area contributed by atoms with Crippen molar-refractivity contribution in [3.05, 3.63) is 59.9 Å². The Morgan fingerprint density at radius 1 is 1.09 bits per heavy atom. The number of anilines is 2. The number of hydrogen-bond acceptors (Lipinski definition) is 4. The Morgan fingerprint density at radius 3 is 2.59 bits per heavy atom. The third-order valence-electron chi connectivity index (χ3n) is 5.70. The van der Waals surface area contributed by atoms with Crippen LogP contribution in [-0.2, 0) is 0 Å². The van der Waals surface area contributed by atoms with Gasteiger partial charge in [-0.2, -0.15) is 0 Å². The van der Waals surface area contributed by atoms with Crippen molar-refractivity contribution in [1.82, 2.24) is 14.7 Å². The Labute approximate surface area is 184 Å². The maximum Gasteiger partial charge on any atom is 0.281 e. The van der Waals surface area contributed by atoms with E-state index < -0.39 is 13.1 Å². The number of rotatable bonds is 8. The summed E-state index contributed by atoms with van der Waals surface area (Å²) in [7, 11) is 0. The summed E-state index contributed by atoms with van der Waals surface area (Å²) in [5, 5.41) is 9.45. The molecular weight excluding hydrogens is 419 g/mol. The van der Waals surface area contributed by atoms with Crippen molar-refractivity contribution < 1.29 is 18.0 Å². The van der Waals surface area contributed by atoms with Gasteiger partial charge in [-0.05, 0) is 56.0 Å². The lowest BCUT2D eigenvalue weighted by molar-refractivity contribution is 0.0926. The first-order chi connectivity index (χ1) is 15.5. The zero-order valence-corrected chi connectivity index (χ0v) is 17.5. The number of carbonyl (C=O) groups excluding carboxylic acids is 1. The molecule has 0 radical (unpaired) electrons. The predicted molar refractivity (Wildman–Crippen MR) is 118 cm³/mol. The summed E-state index contributed by atoms with van der Waals surface area (Å²) in [5.41, 5.74) is 1.49. The third kappa shape index (κ3) is 5.15. The molecular formula is C23H26F3N5O. The molecule has 170 valence electrons. The van der Waals surface area contributed by atoms with Gasteiger partial charge in [0.2, 0.25) is 0 Å². The summed E-state index contributed by atoms with van der Waals surface area (Å²) in [6.45, 7) is -0.269. The molecule has 3 aromatic rings. The number of halogens is 3. The second-order valence-electron chi connectivity index (χ2n) is 7.97. The normalized spacial score (nSPS) is 18.6. The Kier molecular flexibility index (Phi) is 6.82. The molecule has 32 heavy (non-hydrogen) atoms. The number of pyridine rings is 1. The van der Waals surface area contributed by atoms with Crippen LogP contribution in [0.5, 0.6) is 0 Å². The van der Waals surface area contributed by atoms with Crippen molar-refractivity contribution in [1.29, 1.82) is 0 Å². The Morgan fingerprint density at radius 2 is 1.84 bits per heavy atom. The second kappa shape index (κ2) is 9.93. The molecule has 0 bridgehead atoms. The summed E-state index contributed by atoms with van der Waals surface area (Å²) in [6.07, 6.45) is 2.06. The maximum atomic E-state index is 13.0. The van der Waals surface area contributed by atoms with Gasteiger partial charge in [-0.25, -0.2) is 18.2 Å². The zero-order valence-electron chi connectivity index (χ0n) is 17.5. The number of hydrogen-bond donors (Lipinski definition) is 3. The fourth-order valence-electron chi connectivity index (χ4n) is 4.07. The summed E-state index contributed by atoms with van der Waals surface area (Å²) in [4.78, 5) is 16.6. The minimum Gasteiger partial charge on any atom is -0.382 e. The summed E-state index contributed by atoms with van der Waals surface area (Å²) < 4.78 is 40.0. The molecule has 1 amide bonds. The fraction of sp³-hybridized carbons (Fsp3) is 0.391. The molecule has 0 saturated heterocycles. The number of imidazole rings is 1. The number of aromatic nitrogens is 2. The summed E-state index contributed by atoms with van der Waals surface area (Å²) in [5.74, 6) is 0.583. The summed E-state index contributed by atoms with van der Waals surface area (Å²) in [6, 6.07) is 12.6. The van der Waals surface area contributed by atoms with Gasteiger partial charge in [0.15, 0.2) is 0 Å². The average Bonchev–Trinajstić information content (AvgIpc) is 3.25. The van der Waals surface area contributed by atoms with Gasteiger partial charge in [0.1, 0.15) is 23.8 Å². The first kappa shape index (κ1) is 22.0. The van der Waals surface area contributed by atoms with Crippen molar-refractivity contribution in [2.75, 3.05) is 23.9 Å². The number of nitrogens with zero attached hydrogens (tertiary/aromatic N) is 2. The van der Waals surface area contributed by atoms with Crippen LogP contribution in [0.3, 0.4) is 0 Å². The van der Waals surface area contributed by atoms with E-state index in [2.05, 4.69) is 20.9 Å². The van der Waals surface area contributed by atoms with Crippen molar-refractivity contribution in [2.24, 2.45) is 0 Å². The van der Waals surface area contributed by atoms with Crippen LogP contribution >= 0.6 is 0 Å². The second-order valence-corrected chi connectivity index (χ2v) is 7.97. The minimum absolute atomic E-state index is 0.0671. The van der Waals surface area contributed by atoms with Gasteiger partial charge in [0, 0.05) is 36.1 Å². The molecule has 2 heterocycles. The third-order valence-corrected chi connectivity index (χ3v) is 5.70. The molecule has 6 nitrogen and oxygen atoms in total. The number of alkyl halides is 3. The lowest BCUT2D eigenvalue weighted by Gasteiger charge is -2.30. The Bertz CT molecular complexity index is 1060. The van der Waals surface area contributed by atoms with E-state index in [1.54, 1.807) is 40.8 Å². The highest BCUT2D eigenvalue weighted by Gasteiger charge is 2.23.